The zero-order valence-electron chi connectivity index (χ0n) is 28.1. The molecule has 0 spiro atoms. The maximum atomic E-state index is 5.51. The standard InChI is InChI=1S/C49H30N2S/c1-3-11-32(12-4-1)41-30-42(50-49-40(41)26-28-46-48(49)47-37-16-8-7-13-33(37)24-27-45(47)52-46)34-21-19-31(20-22-34)35-23-25-39-38-17-9-10-18-43(38)51(44(39)29-35)36-14-5-2-6-15-36/h1-30H. The average Bonchev–Trinajstić information content (AvgIpc) is 3.77. The van der Waals surface area contributed by atoms with E-state index < -0.39 is 0 Å². The van der Waals surface area contributed by atoms with E-state index >= 15 is 0 Å². The van der Waals surface area contributed by atoms with Crippen LogP contribution in [0.5, 0.6) is 0 Å². The largest absolute Gasteiger partial charge is 0.309 e. The fourth-order valence-electron chi connectivity index (χ4n) is 8.16. The molecule has 2 nitrogen and oxygen atoms in total. The second kappa shape index (κ2) is 11.5. The van der Waals surface area contributed by atoms with Gasteiger partial charge in [0.15, 0.2) is 0 Å². The summed E-state index contributed by atoms with van der Waals surface area (Å²) in [5.41, 5.74) is 11.5. The summed E-state index contributed by atoms with van der Waals surface area (Å²) in [6, 6.07) is 66.0. The molecule has 0 fully saturated rings. The number of aromatic nitrogens is 2. The van der Waals surface area contributed by atoms with Gasteiger partial charge in [-0.15, -0.1) is 11.3 Å². The first-order valence-electron chi connectivity index (χ1n) is 17.7. The highest BCUT2D eigenvalue weighted by atomic mass is 32.1. The molecule has 0 aliphatic heterocycles. The lowest BCUT2D eigenvalue weighted by atomic mass is 9.95. The highest BCUT2D eigenvalue weighted by Crippen LogP contribution is 2.44. The molecule has 0 atom stereocenters. The van der Waals surface area contributed by atoms with Crippen LogP contribution in [-0.2, 0) is 0 Å². The lowest BCUT2D eigenvalue weighted by Crippen LogP contribution is -1.93. The van der Waals surface area contributed by atoms with E-state index in [1.807, 2.05) is 11.3 Å². The lowest BCUT2D eigenvalue weighted by molar-refractivity contribution is 1.18. The van der Waals surface area contributed by atoms with E-state index in [4.69, 9.17) is 4.98 Å². The van der Waals surface area contributed by atoms with Gasteiger partial charge in [-0.2, -0.15) is 0 Å². The summed E-state index contributed by atoms with van der Waals surface area (Å²) in [7, 11) is 0. The van der Waals surface area contributed by atoms with Gasteiger partial charge < -0.3 is 4.57 Å². The lowest BCUT2D eigenvalue weighted by Gasteiger charge is -2.13. The third-order valence-corrected chi connectivity index (χ3v) is 11.7. The molecular weight excluding hydrogens is 649 g/mol. The van der Waals surface area contributed by atoms with Gasteiger partial charge in [0.2, 0.25) is 0 Å². The Kier molecular flexibility index (Phi) is 6.46. The van der Waals surface area contributed by atoms with Gasteiger partial charge in [0.05, 0.1) is 22.2 Å². The summed E-state index contributed by atoms with van der Waals surface area (Å²) < 4.78 is 4.94. The van der Waals surface area contributed by atoms with E-state index in [9.17, 15) is 0 Å². The average molecular weight is 679 g/mol. The zero-order chi connectivity index (χ0) is 34.2. The van der Waals surface area contributed by atoms with Crippen LogP contribution in [-0.4, -0.2) is 9.55 Å². The van der Waals surface area contributed by atoms with Crippen LogP contribution in [0.3, 0.4) is 0 Å². The Labute approximate surface area is 304 Å². The number of pyridine rings is 1. The molecule has 0 saturated heterocycles. The maximum Gasteiger partial charge on any atom is 0.0809 e. The van der Waals surface area contributed by atoms with Gasteiger partial charge in [0.1, 0.15) is 0 Å². The number of rotatable bonds is 4. The van der Waals surface area contributed by atoms with Crippen molar-refractivity contribution >= 4 is 75.0 Å². The Morgan fingerprint density at radius 3 is 1.88 bits per heavy atom. The Bertz CT molecular complexity index is 3150. The first-order valence-corrected chi connectivity index (χ1v) is 18.5. The second-order valence-electron chi connectivity index (χ2n) is 13.5. The normalized spacial score (nSPS) is 11.8. The topological polar surface area (TPSA) is 17.8 Å². The molecule has 52 heavy (non-hydrogen) atoms. The molecule has 242 valence electrons. The van der Waals surface area contributed by atoms with Crippen LogP contribution in [0.25, 0.3) is 103 Å². The molecule has 8 aromatic carbocycles. The molecule has 11 aromatic rings. The quantitative estimate of drug-likeness (QED) is 0.181. The summed E-state index contributed by atoms with van der Waals surface area (Å²) in [6.45, 7) is 0. The molecule has 3 heteroatoms. The fourth-order valence-corrected chi connectivity index (χ4v) is 9.28. The number of nitrogens with zero attached hydrogens (tertiary/aromatic N) is 2. The molecule has 0 radical (unpaired) electrons. The van der Waals surface area contributed by atoms with E-state index in [0.29, 0.717) is 0 Å². The van der Waals surface area contributed by atoms with Gasteiger partial charge in [-0.3, -0.25) is 0 Å². The zero-order valence-corrected chi connectivity index (χ0v) is 28.9. The molecule has 0 saturated carbocycles. The second-order valence-corrected chi connectivity index (χ2v) is 14.6. The Morgan fingerprint density at radius 2 is 1.04 bits per heavy atom. The van der Waals surface area contributed by atoms with E-state index in [0.717, 1.165) is 16.8 Å². The van der Waals surface area contributed by atoms with Crippen molar-refractivity contribution in [2.24, 2.45) is 0 Å². The van der Waals surface area contributed by atoms with Crippen molar-refractivity contribution in [3.63, 3.8) is 0 Å². The van der Waals surface area contributed by atoms with Crippen molar-refractivity contribution in [1.29, 1.82) is 0 Å². The van der Waals surface area contributed by atoms with Crippen LogP contribution in [0.15, 0.2) is 182 Å². The van der Waals surface area contributed by atoms with Gasteiger partial charge in [-0.25, -0.2) is 4.98 Å². The van der Waals surface area contributed by atoms with Gasteiger partial charge in [0, 0.05) is 47.6 Å². The number of thiophene rings is 1. The van der Waals surface area contributed by atoms with Gasteiger partial charge in [-0.05, 0) is 75.5 Å². The van der Waals surface area contributed by atoms with Crippen LogP contribution in [0.2, 0.25) is 0 Å². The predicted molar refractivity (Wildman–Crippen MR) is 223 cm³/mol. The van der Waals surface area contributed by atoms with Crippen molar-refractivity contribution < 1.29 is 0 Å². The summed E-state index contributed by atoms with van der Waals surface area (Å²) in [6.07, 6.45) is 0. The summed E-state index contributed by atoms with van der Waals surface area (Å²) in [5.74, 6) is 0. The van der Waals surface area contributed by atoms with Crippen molar-refractivity contribution in [3.05, 3.63) is 182 Å². The van der Waals surface area contributed by atoms with Gasteiger partial charge in [0.25, 0.3) is 0 Å². The highest BCUT2D eigenvalue weighted by molar-refractivity contribution is 7.26. The van der Waals surface area contributed by atoms with Crippen molar-refractivity contribution in [3.8, 4) is 39.2 Å². The van der Waals surface area contributed by atoms with Crippen LogP contribution < -0.4 is 0 Å². The van der Waals surface area contributed by atoms with Crippen LogP contribution in [0.1, 0.15) is 0 Å². The SMILES string of the molecule is c1ccc(-c2cc(-c3ccc(-c4ccc5c6ccccc6n(-c6ccccc6)c5c4)cc3)nc3c2ccc2sc4ccc5ccccc5c4c23)cc1. The van der Waals surface area contributed by atoms with E-state index in [2.05, 4.69) is 187 Å². The Hall–Kier alpha value is -6.55. The molecule has 0 amide bonds. The third kappa shape index (κ3) is 4.46. The summed E-state index contributed by atoms with van der Waals surface area (Å²) in [5, 5.41) is 8.77. The van der Waals surface area contributed by atoms with E-state index in [-0.39, 0.29) is 0 Å². The minimum Gasteiger partial charge on any atom is -0.309 e. The third-order valence-electron chi connectivity index (χ3n) is 10.6. The molecule has 0 N–H and O–H groups in total. The van der Waals surface area contributed by atoms with Crippen LogP contribution >= 0.6 is 11.3 Å². The smallest absolute Gasteiger partial charge is 0.0809 e. The molecule has 0 aliphatic carbocycles. The van der Waals surface area contributed by atoms with Gasteiger partial charge >= 0.3 is 0 Å². The number of para-hydroxylation sites is 2. The van der Waals surface area contributed by atoms with Crippen LogP contribution in [0.4, 0.5) is 0 Å². The number of hydrogen-bond acceptors (Lipinski definition) is 2. The van der Waals surface area contributed by atoms with Crippen molar-refractivity contribution in [2.75, 3.05) is 0 Å². The first-order chi connectivity index (χ1) is 25.8. The maximum absolute atomic E-state index is 5.51. The number of fused-ring (bicyclic) bond motifs is 10. The number of hydrogen-bond donors (Lipinski definition) is 0. The molecule has 3 heterocycles. The molecule has 0 bridgehead atoms. The monoisotopic (exact) mass is 678 g/mol. The predicted octanol–water partition coefficient (Wildman–Crippen LogP) is 13.9. The van der Waals surface area contributed by atoms with Gasteiger partial charge in [-0.1, -0.05) is 140 Å². The molecular formula is C49H30N2S. The van der Waals surface area contributed by atoms with E-state index in [1.54, 1.807) is 0 Å². The first kappa shape index (κ1) is 29.2. The van der Waals surface area contributed by atoms with Crippen molar-refractivity contribution in [2.45, 2.75) is 0 Å². The highest BCUT2D eigenvalue weighted by Gasteiger charge is 2.18. The molecule has 0 unspecified atom stereocenters. The Balaban J connectivity index is 1.10. The fraction of sp³-hybridized carbons (Fsp3) is 0. The molecule has 3 aromatic heterocycles. The minimum absolute atomic E-state index is 0.977. The van der Waals surface area contributed by atoms with Crippen LogP contribution in [0, 0.1) is 0 Å². The van der Waals surface area contributed by atoms with E-state index in [1.165, 1.54) is 86.1 Å². The molecule has 11 rings (SSSR count). The number of benzene rings is 8. The summed E-state index contributed by atoms with van der Waals surface area (Å²) in [4.78, 5) is 5.51. The Morgan fingerprint density at radius 1 is 0.404 bits per heavy atom. The summed E-state index contributed by atoms with van der Waals surface area (Å²) >= 11 is 1.85. The molecule has 0 aliphatic rings. The van der Waals surface area contributed by atoms with Crippen molar-refractivity contribution in [1.82, 2.24) is 9.55 Å². The minimum atomic E-state index is 0.977.